The van der Waals surface area contributed by atoms with E-state index in [1.54, 1.807) is 0 Å². The lowest BCUT2D eigenvalue weighted by molar-refractivity contribution is 0.112. The Bertz CT molecular complexity index is 283. The van der Waals surface area contributed by atoms with E-state index in [4.69, 9.17) is 9.84 Å². The number of aromatic hydroxyl groups is 1. The van der Waals surface area contributed by atoms with Gasteiger partial charge in [-0.1, -0.05) is 0 Å². The van der Waals surface area contributed by atoms with Gasteiger partial charge in [-0.3, -0.25) is 4.79 Å². The lowest BCUT2D eigenvalue weighted by Gasteiger charge is -2.04. The molecule has 0 fully saturated rings. The number of phenols is 1. The molecule has 4 nitrogen and oxygen atoms in total. The minimum absolute atomic E-state index is 0.0578. The van der Waals surface area contributed by atoms with Crippen LogP contribution in [0.15, 0.2) is 18.2 Å². The van der Waals surface area contributed by atoms with Crippen molar-refractivity contribution < 1.29 is 19.7 Å². The van der Waals surface area contributed by atoms with E-state index in [9.17, 15) is 9.90 Å². The van der Waals surface area contributed by atoms with E-state index in [2.05, 4.69) is 0 Å². The second-order valence-corrected chi connectivity index (χ2v) is 2.28. The molecule has 0 amide bonds. The molecule has 0 aliphatic rings. The van der Waals surface area contributed by atoms with E-state index in [0.717, 1.165) is 7.11 Å². The topological polar surface area (TPSA) is 66.8 Å². The molecule has 2 N–H and O–H groups in total. The lowest BCUT2D eigenvalue weighted by Crippen LogP contribution is -1.92. The van der Waals surface area contributed by atoms with Crippen LogP contribution in [0, 0.1) is 0 Å². The molecule has 0 spiro atoms. The van der Waals surface area contributed by atoms with Gasteiger partial charge in [-0.25, -0.2) is 0 Å². The first kappa shape index (κ1) is 12.4. The molecule has 0 aliphatic heterocycles. The Morgan fingerprint density at radius 3 is 2.57 bits per heavy atom. The number of benzene rings is 1. The number of rotatable bonds is 3. The van der Waals surface area contributed by atoms with E-state index in [-0.39, 0.29) is 5.75 Å². The number of phenolic OH excluding ortho intramolecular Hbond substituents is 1. The van der Waals surface area contributed by atoms with Gasteiger partial charge in [-0.2, -0.15) is 0 Å². The van der Waals surface area contributed by atoms with Crippen LogP contribution in [0.2, 0.25) is 0 Å². The number of aldehydes is 1. The summed E-state index contributed by atoms with van der Waals surface area (Å²) >= 11 is 0. The highest BCUT2D eigenvalue weighted by Crippen LogP contribution is 2.25. The van der Waals surface area contributed by atoms with Crippen molar-refractivity contribution in [3.63, 3.8) is 0 Å². The van der Waals surface area contributed by atoms with Crippen LogP contribution in [0.1, 0.15) is 17.3 Å². The Balaban J connectivity index is 0.000000791. The molecule has 1 aromatic rings. The van der Waals surface area contributed by atoms with Crippen molar-refractivity contribution in [2.45, 2.75) is 6.92 Å². The Labute approximate surface area is 82.8 Å². The number of ether oxygens (including phenoxy) is 1. The fraction of sp³-hybridized carbons (Fsp3) is 0.300. The van der Waals surface area contributed by atoms with E-state index >= 15 is 0 Å². The summed E-state index contributed by atoms with van der Waals surface area (Å²) in [7, 11) is 1.00. The molecule has 0 unspecified atom stereocenters. The first-order valence-corrected chi connectivity index (χ1v) is 4.13. The van der Waals surface area contributed by atoms with Crippen molar-refractivity contribution in [1.82, 2.24) is 0 Å². The lowest BCUT2D eigenvalue weighted by atomic mass is 10.2. The van der Waals surface area contributed by atoms with Crippen LogP contribution in [0.5, 0.6) is 11.5 Å². The summed E-state index contributed by atoms with van der Waals surface area (Å²) in [4.78, 5) is 10.3. The normalized spacial score (nSPS) is 8.50. The average molecular weight is 198 g/mol. The maximum atomic E-state index is 10.3. The Kier molecular flexibility index (Phi) is 6.15. The van der Waals surface area contributed by atoms with Crippen LogP contribution in [0.25, 0.3) is 0 Å². The van der Waals surface area contributed by atoms with Crippen molar-refractivity contribution in [3.8, 4) is 11.5 Å². The monoisotopic (exact) mass is 198 g/mol. The first-order chi connectivity index (χ1) is 6.77. The van der Waals surface area contributed by atoms with Gasteiger partial charge in [-0.05, 0) is 25.1 Å². The quantitative estimate of drug-likeness (QED) is 0.716. The number of carbonyl (C=O) groups is 1. The van der Waals surface area contributed by atoms with E-state index in [0.29, 0.717) is 24.2 Å². The summed E-state index contributed by atoms with van der Waals surface area (Å²) in [5.74, 6) is 0.407. The molecule has 0 saturated carbocycles. The first-order valence-electron chi connectivity index (χ1n) is 4.13. The van der Waals surface area contributed by atoms with Gasteiger partial charge in [0.2, 0.25) is 0 Å². The van der Waals surface area contributed by atoms with Gasteiger partial charge >= 0.3 is 0 Å². The zero-order valence-electron chi connectivity index (χ0n) is 8.23. The predicted octanol–water partition coefficient (Wildman–Crippen LogP) is 1.21. The zero-order valence-corrected chi connectivity index (χ0v) is 8.23. The average Bonchev–Trinajstić information content (AvgIpc) is 2.24. The maximum Gasteiger partial charge on any atom is 0.161 e. The molecule has 0 saturated heterocycles. The zero-order chi connectivity index (χ0) is 11.0. The molecule has 78 valence electrons. The number of hydrogen-bond donors (Lipinski definition) is 2. The molecule has 0 bridgehead atoms. The SMILES string of the molecule is CCOc1cc(C=O)ccc1O.CO. The van der Waals surface area contributed by atoms with Crippen LogP contribution < -0.4 is 4.74 Å². The minimum atomic E-state index is 0.0578. The molecular formula is C10H14O4. The number of aliphatic hydroxyl groups excluding tert-OH is 1. The van der Waals surface area contributed by atoms with Gasteiger partial charge in [0.05, 0.1) is 6.61 Å². The Hall–Kier alpha value is -1.55. The highest BCUT2D eigenvalue weighted by Gasteiger charge is 2.01. The molecule has 0 atom stereocenters. The summed E-state index contributed by atoms with van der Waals surface area (Å²) in [6, 6.07) is 4.48. The summed E-state index contributed by atoms with van der Waals surface area (Å²) in [5.41, 5.74) is 0.497. The van der Waals surface area contributed by atoms with Gasteiger partial charge < -0.3 is 14.9 Å². The van der Waals surface area contributed by atoms with Crippen molar-refractivity contribution in [1.29, 1.82) is 0 Å². The molecule has 0 aliphatic carbocycles. The highest BCUT2D eigenvalue weighted by molar-refractivity contribution is 5.76. The van der Waals surface area contributed by atoms with E-state index < -0.39 is 0 Å². The van der Waals surface area contributed by atoms with E-state index in [1.165, 1.54) is 18.2 Å². The number of carbonyl (C=O) groups excluding carboxylic acids is 1. The minimum Gasteiger partial charge on any atom is -0.504 e. The Morgan fingerprint density at radius 1 is 1.43 bits per heavy atom. The number of hydrogen-bond acceptors (Lipinski definition) is 4. The van der Waals surface area contributed by atoms with Gasteiger partial charge in [0.1, 0.15) is 6.29 Å². The van der Waals surface area contributed by atoms with Crippen molar-refractivity contribution in [2.24, 2.45) is 0 Å². The smallest absolute Gasteiger partial charge is 0.161 e. The molecule has 1 aromatic carbocycles. The summed E-state index contributed by atoms with van der Waals surface area (Å²) in [5, 5.41) is 16.2. The highest BCUT2D eigenvalue weighted by atomic mass is 16.5. The fourth-order valence-electron chi connectivity index (χ4n) is 0.875. The van der Waals surface area contributed by atoms with Crippen LogP contribution >= 0.6 is 0 Å². The summed E-state index contributed by atoms with van der Waals surface area (Å²) in [6.07, 6.45) is 0.710. The van der Waals surface area contributed by atoms with Crippen LogP contribution in [-0.4, -0.2) is 30.2 Å². The molecule has 1 rings (SSSR count). The van der Waals surface area contributed by atoms with Crippen LogP contribution in [0.3, 0.4) is 0 Å². The molecule has 4 heteroatoms. The number of aliphatic hydroxyl groups is 1. The third-order valence-corrected chi connectivity index (χ3v) is 1.42. The molecule has 0 radical (unpaired) electrons. The molecular weight excluding hydrogens is 184 g/mol. The predicted molar refractivity (Wildman–Crippen MR) is 52.8 cm³/mol. The third kappa shape index (κ3) is 3.45. The molecule has 14 heavy (non-hydrogen) atoms. The molecule has 0 aromatic heterocycles. The van der Waals surface area contributed by atoms with Crippen LogP contribution in [-0.2, 0) is 0 Å². The second-order valence-electron chi connectivity index (χ2n) is 2.28. The van der Waals surface area contributed by atoms with Gasteiger partial charge in [-0.15, -0.1) is 0 Å². The third-order valence-electron chi connectivity index (χ3n) is 1.42. The van der Waals surface area contributed by atoms with Gasteiger partial charge in [0, 0.05) is 12.7 Å². The fourth-order valence-corrected chi connectivity index (χ4v) is 0.875. The van der Waals surface area contributed by atoms with Gasteiger partial charge in [0.15, 0.2) is 11.5 Å². The van der Waals surface area contributed by atoms with Crippen molar-refractivity contribution in [2.75, 3.05) is 13.7 Å². The standard InChI is InChI=1S/C9H10O3.CH4O/c1-2-12-9-5-7(6-10)3-4-8(9)11;1-2/h3-6,11H,2H2,1H3;2H,1H3. The van der Waals surface area contributed by atoms with Crippen LogP contribution in [0.4, 0.5) is 0 Å². The molecule has 0 heterocycles. The Morgan fingerprint density at radius 2 is 2.07 bits per heavy atom. The van der Waals surface area contributed by atoms with Crippen molar-refractivity contribution in [3.05, 3.63) is 23.8 Å². The summed E-state index contributed by atoms with van der Waals surface area (Å²) < 4.78 is 5.07. The second kappa shape index (κ2) is 6.91. The largest absolute Gasteiger partial charge is 0.504 e. The summed E-state index contributed by atoms with van der Waals surface area (Å²) in [6.45, 7) is 2.28. The van der Waals surface area contributed by atoms with E-state index in [1.807, 2.05) is 6.92 Å². The van der Waals surface area contributed by atoms with Gasteiger partial charge in [0.25, 0.3) is 0 Å². The van der Waals surface area contributed by atoms with Crippen molar-refractivity contribution >= 4 is 6.29 Å². The maximum absolute atomic E-state index is 10.3.